The number of fused-ring (bicyclic) bond motifs is 1. The summed E-state index contributed by atoms with van der Waals surface area (Å²) in [6.45, 7) is 5.78. The van der Waals surface area contributed by atoms with Gasteiger partial charge in [-0.2, -0.15) is 0 Å². The van der Waals surface area contributed by atoms with Crippen molar-refractivity contribution in [2.24, 2.45) is 5.92 Å². The molecule has 2 aromatic rings. The second-order valence-electron chi connectivity index (χ2n) is 5.48. The van der Waals surface area contributed by atoms with Crippen LogP contribution >= 0.6 is 0 Å². The summed E-state index contributed by atoms with van der Waals surface area (Å²) >= 11 is 0. The Morgan fingerprint density at radius 2 is 2.11 bits per heavy atom. The van der Waals surface area contributed by atoms with Crippen molar-refractivity contribution < 1.29 is 0 Å². The summed E-state index contributed by atoms with van der Waals surface area (Å²) in [5.74, 6) is 0.833. The van der Waals surface area contributed by atoms with Gasteiger partial charge in [-0.15, -0.1) is 0 Å². The molecule has 2 heterocycles. The van der Waals surface area contributed by atoms with E-state index >= 15 is 0 Å². The molecule has 0 spiro atoms. The van der Waals surface area contributed by atoms with Crippen molar-refractivity contribution in [3.8, 4) is 0 Å². The van der Waals surface area contributed by atoms with Crippen LogP contribution in [0.5, 0.6) is 0 Å². The number of hydrogen-bond donors (Lipinski definition) is 0. The third-order valence-corrected chi connectivity index (χ3v) is 3.78. The molecule has 94 valence electrons. The Morgan fingerprint density at radius 1 is 1.22 bits per heavy atom. The molecule has 18 heavy (non-hydrogen) atoms. The van der Waals surface area contributed by atoms with E-state index in [1.807, 2.05) is 0 Å². The Kier molecular flexibility index (Phi) is 3.28. The van der Waals surface area contributed by atoms with Crippen LogP contribution in [0.25, 0.3) is 10.9 Å². The molecule has 1 atom stereocenters. The van der Waals surface area contributed by atoms with Crippen LogP contribution < -0.4 is 0 Å². The average molecular weight is 240 g/mol. The first-order valence-corrected chi connectivity index (χ1v) is 6.88. The molecule has 1 aliphatic rings. The second kappa shape index (κ2) is 5.07. The smallest absolute Gasteiger partial charge is 0.0705 e. The molecule has 0 bridgehead atoms. The lowest BCUT2D eigenvalue weighted by atomic mass is 10.0. The quantitative estimate of drug-likeness (QED) is 0.799. The normalized spacial score (nSPS) is 21.3. The largest absolute Gasteiger partial charge is 0.297 e. The predicted molar refractivity (Wildman–Crippen MR) is 75.4 cm³/mol. The predicted octanol–water partition coefficient (Wildman–Crippen LogP) is 3.47. The van der Waals surface area contributed by atoms with Crippen LogP contribution in [0.15, 0.2) is 36.4 Å². The third kappa shape index (κ3) is 2.54. The maximum atomic E-state index is 4.75. The van der Waals surface area contributed by atoms with E-state index in [4.69, 9.17) is 4.98 Å². The topological polar surface area (TPSA) is 16.1 Å². The molecule has 1 aromatic carbocycles. The van der Waals surface area contributed by atoms with Crippen LogP contribution in [0.3, 0.4) is 0 Å². The van der Waals surface area contributed by atoms with Crippen molar-refractivity contribution in [3.63, 3.8) is 0 Å². The minimum atomic E-state index is 0.833. The molecule has 0 amide bonds. The number of hydrogen-bond acceptors (Lipinski definition) is 2. The van der Waals surface area contributed by atoms with Gasteiger partial charge in [0.2, 0.25) is 0 Å². The minimum Gasteiger partial charge on any atom is -0.297 e. The van der Waals surface area contributed by atoms with Gasteiger partial charge in [-0.1, -0.05) is 31.2 Å². The Hall–Kier alpha value is -1.41. The third-order valence-electron chi connectivity index (χ3n) is 3.78. The van der Waals surface area contributed by atoms with E-state index in [1.54, 1.807) is 0 Å². The van der Waals surface area contributed by atoms with Crippen LogP contribution in [0, 0.1) is 5.92 Å². The number of piperidine rings is 1. The van der Waals surface area contributed by atoms with Gasteiger partial charge in [0, 0.05) is 18.5 Å². The molecule has 0 saturated carbocycles. The fraction of sp³-hybridized carbons (Fsp3) is 0.438. The van der Waals surface area contributed by atoms with E-state index in [9.17, 15) is 0 Å². The number of nitrogens with zero attached hydrogens (tertiary/aromatic N) is 2. The first-order chi connectivity index (χ1) is 8.81. The van der Waals surface area contributed by atoms with Crippen molar-refractivity contribution in [3.05, 3.63) is 42.1 Å². The zero-order valence-corrected chi connectivity index (χ0v) is 11.0. The summed E-state index contributed by atoms with van der Waals surface area (Å²) in [5, 5.41) is 1.23. The maximum Gasteiger partial charge on any atom is 0.0705 e. The molecule has 2 nitrogen and oxygen atoms in total. The van der Waals surface area contributed by atoms with Gasteiger partial charge < -0.3 is 0 Å². The SMILES string of the molecule is C[C@H]1CCCN(Cc2ccc3ccccc3n2)C1. The van der Waals surface area contributed by atoms with E-state index in [2.05, 4.69) is 48.2 Å². The van der Waals surface area contributed by atoms with Gasteiger partial charge in [0.05, 0.1) is 11.2 Å². The number of pyridine rings is 1. The molecule has 0 unspecified atom stereocenters. The van der Waals surface area contributed by atoms with Gasteiger partial charge >= 0.3 is 0 Å². The van der Waals surface area contributed by atoms with Gasteiger partial charge in [0.15, 0.2) is 0 Å². The van der Waals surface area contributed by atoms with E-state index in [-0.39, 0.29) is 0 Å². The molecule has 0 aliphatic carbocycles. The first-order valence-electron chi connectivity index (χ1n) is 6.88. The lowest BCUT2D eigenvalue weighted by Crippen LogP contribution is -2.33. The summed E-state index contributed by atoms with van der Waals surface area (Å²) in [7, 11) is 0. The highest BCUT2D eigenvalue weighted by atomic mass is 15.1. The van der Waals surface area contributed by atoms with Gasteiger partial charge in [-0.25, -0.2) is 0 Å². The van der Waals surface area contributed by atoms with Crippen molar-refractivity contribution in [2.45, 2.75) is 26.3 Å². The molecule has 1 aliphatic heterocycles. The maximum absolute atomic E-state index is 4.75. The molecule has 0 N–H and O–H groups in total. The Labute approximate surface area is 109 Å². The number of likely N-dealkylation sites (tertiary alicyclic amines) is 1. The summed E-state index contributed by atoms with van der Waals surface area (Å²) in [4.78, 5) is 7.29. The minimum absolute atomic E-state index is 0.833. The highest BCUT2D eigenvalue weighted by molar-refractivity contribution is 5.78. The molecule has 3 rings (SSSR count). The lowest BCUT2D eigenvalue weighted by molar-refractivity contribution is 0.175. The van der Waals surface area contributed by atoms with Crippen molar-refractivity contribution in [1.29, 1.82) is 0 Å². The van der Waals surface area contributed by atoms with Crippen LogP contribution in [0.4, 0.5) is 0 Å². The zero-order valence-electron chi connectivity index (χ0n) is 11.0. The molecule has 1 fully saturated rings. The summed E-state index contributed by atoms with van der Waals surface area (Å²) in [6.07, 6.45) is 2.70. The average Bonchev–Trinajstić information content (AvgIpc) is 2.39. The van der Waals surface area contributed by atoms with Gasteiger partial charge in [0.1, 0.15) is 0 Å². The van der Waals surface area contributed by atoms with E-state index < -0.39 is 0 Å². The standard InChI is InChI=1S/C16H20N2/c1-13-5-4-10-18(11-13)12-15-9-8-14-6-2-3-7-16(14)17-15/h2-3,6-9,13H,4-5,10-12H2,1H3/t13-/m0/s1. The number of rotatable bonds is 2. The monoisotopic (exact) mass is 240 g/mol. The number of para-hydroxylation sites is 1. The summed E-state index contributed by atoms with van der Waals surface area (Å²) in [6, 6.07) is 12.7. The Balaban J connectivity index is 1.78. The zero-order chi connectivity index (χ0) is 12.4. The van der Waals surface area contributed by atoms with Crippen LogP contribution in [0.1, 0.15) is 25.5 Å². The molecule has 2 heteroatoms. The first kappa shape index (κ1) is 11.7. The Morgan fingerprint density at radius 3 is 3.00 bits per heavy atom. The van der Waals surface area contributed by atoms with Gasteiger partial charge in [0.25, 0.3) is 0 Å². The lowest BCUT2D eigenvalue weighted by Gasteiger charge is -2.30. The molecule has 0 radical (unpaired) electrons. The van der Waals surface area contributed by atoms with E-state index in [0.29, 0.717) is 0 Å². The molecule has 1 saturated heterocycles. The molecular formula is C16H20N2. The van der Waals surface area contributed by atoms with Crippen LogP contribution in [-0.4, -0.2) is 23.0 Å². The van der Waals surface area contributed by atoms with E-state index in [0.717, 1.165) is 18.0 Å². The van der Waals surface area contributed by atoms with Gasteiger partial charge in [-0.05, 0) is 37.4 Å². The van der Waals surface area contributed by atoms with Crippen LogP contribution in [-0.2, 0) is 6.54 Å². The van der Waals surface area contributed by atoms with Crippen LogP contribution in [0.2, 0.25) is 0 Å². The summed E-state index contributed by atoms with van der Waals surface area (Å²) in [5.41, 5.74) is 2.31. The van der Waals surface area contributed by atoms with Crippen molar-refractivity contribution >= 4 is 10.9 Å². The highest BCUT2D eigenvalue weighted by Gasteiger charge is 2.16. The fourth-order valence-corrected chi connectivity index (χ4v) is 2.86. The highest BCUT2D eigenvalue weighted by Crippen LogP contribution is 2.18. The van der Waals surface area contributed by atoms with Crippen molar-refractivity contribution in [1.82, 2.24) is 9.88 Å². The number of aromatic nitrogens is 1. The molecular weight excluding hydrogens is 220 g/mol. The summed E-state index contributed by atoms with van der Waals surface area (Å²) < 4.78 is 0. The van der Waals surface area contributed by atoms with E-state index in [1.165, 1.54) is 37.0 Å². The Bertz CT molecular complexity index is 535. The molecule has 1 aromatic heterocycles. The van der Waals surface area contributed by atoms with Crippen molar-refractivity contribution in [2.75, 3.05) is 13.1 Å². The van der Waals surface area contributed by atoms with Gasteiger partial charge in [-0.3, -0.25) is 9.88 Å². The fourth-order valence-electron chi connectivity index (χ4n) is 2.86. The number of benzene rings is 1. The second-order valence-corrected chi connectivity index (χ2v) is 5.48.